The van der Waals surface area contributed by atoms with Gasteiger partial charge in [-0.3, -0.25) is 29.4 Å². The fraction of sp³-hybridized carbons (Fsp3) is 0.154. The van der Waals surface area contributed by atoms with Gasteiger partial charge in [0.1, 0.15) is 15.9 Å². The molecule has 0 aliphatic heterocycles. The van der Waals surface area contributed by atoms with Gasteiger partial charge in [-0.2, -0.15) is 5.10 Å². The average molecular weight is 493 g/mol. The minimum Gasteiger partial charge on any atom is -0.335 e. The number of aromatic nitrogens is 8. The summed E-state index contributed by atoms with van der Waals surface area (Å²) < 4.78 is 2.73. The van der Waals surface area contributed by atoms with Crippen LogP contribution in [0, 0.1) is 5.92 Å². The van der Waals surface area contributed by atoms with E-state index in [9.17, 15) is 4.79 Å². The van der Waals surface area contributed by atoms with Gasteiger partial charge in [0.2, 0.25) is 5.91 Å². The number of thiophene rings is 1. The molecule has 10 heteroatoms. The minimum absolute atomic E-state index is 0.0144. The molecule has 0 fully saturated rings. The van der Waals surface area contributed by atoms with E-state index < -0.39 is 0 Å². The van der Waals surface area contributed by atoms with Crippen molar-refractivity contribution in [3.8, 4) is 0 Å². The first kappa shape index (κ1) is 20.9. The number of H-pyrrole nitrogens is 2. The average Bonchev–Trinajstić information content (AvgIpc) is 3.60. The topological polar surface area (TPSA) is 118 Å². The summed E-state index contributed by atoms with van der Waals surface area (Å²) in [5.41, 5.74) is 5.21. The number of aromatic amines is 2. The number of nitrogens with one attached hydrogen (secondary N) is 2. The molecule has 7 aromatic heterocycles. The molecule has 0 amide bonds. The van der Waals surface area contributed by atoms with Gasteiger partial charge in [0.15, 0.2) is 5.65 Å². The molecule has 2 N–H and O–H groups in total. The Hall–Kier alpha value is -4.44. The van der Waals surface area contributed by atoms with Crippen molar-refractivity contribution in [3.63, 3.8) is 0 Å². The number of hydrogen-bond acceptors (Lipinski definition) is 7. The molecule has 0 saturated carbocycles. The fourth-order valence-corrected chi connectivity index (χ4v) is 5.65. The number of hydrogen-bond donors (Lipinski definition) is 2. The summed E-state index contributed by atoms with van der Waals surface area (Å²) in [6.45, 7) is 4.09. The number of fused-ring (bicyclic) bond motifs is 9. The minimum atomic E-state index is 0.0144. The van der Waals surface area contributed by atoms with Crippen LogP contribution in [0.25, 0.3) is 64.4 Å². The van der Waals surface area contributed by atoms with Gasteiger partial charge in [-0.25, -0.2) is 4.98 Å². The van der Waals surface area contributed by atoms with E-state index in [4.69, 9.17) is 4.98 Å². The maximum Gasteiger partial charge on any atom is 0.232 e. The van der Waals surface area contributed by atoms with Gasteiger partial charge >= 0.3 is 0 Å². The van der Waals surface area contributed by atoms with Crippen molar-refractivity contribution in [2.75, 3.05) is 0 Å². The van der Waals surface area contributed by atoms with Gasteiger partial charge in [-0.15, -0.1) is 11.3 Å². The van der Waals surface area contributed by atoms with Crippen LogP contribution < -0.4 is 0 Å². The highest BCUT2D eigenvalue weighted by molar-refractivity contribution is 7.24. The van der Waals surface area contributed by atoms with Gasteiger partial charge in [0, 0.05) is 39.7 Å². The highest BCUT2D eigenvalue weighted by Crippen LogP contribution is 2.30. The van der Waals surface area contributed by atoms with E-state index >= 15 is 0 Å². The van der Waals surface area contributed by atoms with Crippen LogP contribution in [0.4, 0.5) is 0 Å². The van der Waals surface area contributed by atoms with Gasteiger partial charge < -0.3 is 4.98 Å². The molecule has 0 radical (unpaired) electrons. The third-order valence-electron chi connectivity index (χ3n) is 6.25. The van der Waals surface area contributed by atoms with E-state index in [0.717, 1.165) is 47.8 Å². The van der Waals surface area contributed by atoms with Crippen LogP contribution in [0.15, 0.2) is 55.2 Å². The molecule has 176 valence electrons. The zero-order valence-corrected chi connectivity index (χ0v) is 20.3. The van der Waals surface area contributed by atoms with Gasteiger partial charge in [0.25, 0.3) is 0 Å². The molecule has 0 aliphatic carbocycles. The third-order valence-corrected chi connectivity index (χ3v) is 7.36. The normalized spacial score (nSPS) is 12.1. The second-order valence-electron chi connectivity index (χ2n) is 9.25. The molecule has 0 spiro atoms. The summed E-state index contributed by atoms with van der Waals surface area (Å²) in [7, 11) is 0. The van der Waals surface area contributed by atoms with Crippen LogP contribution in [-0.2, 0) is 0 Å². The predicted octanol–water partition coefficient (Wildman–Crippen LogP) is 5.91. The molecule has 7 aromatic rings. The highest BCUT2D eigenvalue weighted by Gasteiger charge is 2.14. The van der Waals surface area contributed by atoms with Crippen molar-refractivity contribution in [1.29, 1.82) is 0 Å². The Balaban J connectivity index is 1.73. The first-order chi connectivity index (χ1) is 17.5. The molecule has 8 bridgehead atoms. The van der Waals surface area contributed by atoms with Crippen LogP contribution in [0.1, 0.15) is 25.1 Å². The number of rotatable bonds is 2. The Morgan fingerprint density at radius 2 is 1.89 bits per heavy atom. The molecule has 7 heterocycles. The second kappa shape index (κ2) is 7.79. The molecule has 36 heavy (non-hydrogen) atoms. The van der Waals surface area contributed by atoms with Crippen molar-refractivity contribution in [2.45, 2.75) is 20.3 Å². The Bertz CT molecular complexity index is 2040. The monoisotopic (exact) mass is 492 g/mol. The van der Waals surface area contributed by atoms with Crippen molar-refractivity contribution < 1.29 is 4.79 Å². The molecular weight excluding hydrogens is 472 g/mol. The molecule has 0 aromatic carbocycles. The number of carbonyl (C=O) groups is 1. The Kier molecular flexibility index (Phi) is 4.52. The lowest BCUT2D eigenvalue weighted by Gasteiger charge is -2.09. The largest absolute Gasteiger partial charge is 0.335 e. The lowest BCUT2D eigenvalue weighted by Crippen LogP contribution is -2.13. The van der Waals surface area contributed by atoms with Crippen LogP contribution in [0.2, 0.25) is 0 Å². The zero-order chi connectivity index (χ0) is 24.4. The third kappa shape index (κ3) is 3.22. The molecule has 0 aliphatic rings. The van der Waals surface area contributed by atoms with Crippen molar-refractivity contribution >= 4 is 81.7 Å². The Morgan fingerprint density at radius 3 is 2.78 bits per heavy atom. The van der Waals surface area contributed by atoms with Gasteiger partial charge in [-0.05, 0) is 30.2 Å². The van der Waals surface area contributed by atoms with Crippen LogP contribution in [0.5, 0.6) is 0 Å². The van der Waals surface area contributed by atoms with E-state index in [2.05, 4.69) is 30.1 Å². The first-order valence-electron chi connectivity index (χ1n) is 11.6. The van der Waals surface area contributed by atoms with E-state index in [1.165, 1.54) is 11.3 Å². The quantitative estimate of drug-likeness (QED) is 0.310. The van der Waals surface area contributed by atoms with Crippen molar-refractivity contribution in [3.05, 3.63) is 55.2 Å². The molecular formula is C26H20N8OS. The molecule has 9 nitrogen and oxygen atoms in total. The van der Waals surface area contributed by atoms with Gasteiger partial charge in [-0.1, -0.05) is 13.8 Å². The summed E-state index contributed by atoms with van der Waals surface area (Å²) in [5, 5.41) is 10.2. The zero-order valence-electron chi connectivity index (χ0n) is 19.5. The lowest BCUT2D eigenvalue weighted by molar-refractivity contribution is 0.0897. The molecule has 0 atom stereocenters. The number of carbonyl (C=O) groups excluding carboxylic acids is 1. The Morgan fingerprint density at radius 1 is 1.00 bits per heavy atom. The van der Waals surface area contributed by atoms with Crippen LogP contribution in [-0.4, -0.2) is 45.6 Å². The summed E-state index contributed by atoms with van der Waals surface area (Å²) in [5.74, 6) is 0.231. The number of pyridine rings is 3. The van der Waals surface area contributed by atoms with E-state index in [-0.39, 0.29) is 11.8 Å². The van der Waals surface area contributed by atoms with Gasteiger partial charge in [0.05, 0.1) is 40.7 Å². The van der Waals surface area contributed by atoms with Crippen molar-refractivity contribution in [1.82, 2.24) is 39.7 Å². The van der Waals surface area contributed by atoms with Crippen LogP contribution in [0.3, 0.4) is 0 Å². The maximum atomic E-state index is 13.5. The summed E-state index contributed by atoms with van der Waals surface area (Å²) in [4.78, 5) is 36.2. The predicted molar refractivity (Wildman–Crippen MR) is 143 cm³/mol. The molecule has 0 unspecified atom stereocenters. The van der Waals surface area contributed by atoms with E-state index in [0.29, 0.717) is 23.1 Å². The standard InChI is InChI=1S/C26H20N8OS/c1-13(2)5-22(35)34-15-6-14(8-27-9-15)18-7-16-19(12-29-18)32-33-25(16)26-30-20-11-28-10-17(24(20)31-26)21-3-4-23(34)36-21/h3-4,6-13H,5H2,1-2H3,(H,30,31)(H,32,33). The number of imidazole rings is 1. The first-order valence-corrected chi connectivity index (χ1v) is 12.4. The Labute approximate surface area is 207 Å². The fourth-order valence-electron chi connectivity index (χ4n) is 4.60. The SMILES string of the molecule is CC(C)CC(=O)n1c2cncc(c2)c2cc3c(cn2)[nH]nc3c2nc3c(cncc3c3ccc1s3)[nH]2. The smallest absolute Gasteiger partial charge is 0.232 e. The second-order valence-corrected chi connectivity index (χ2v) is 10.3. The number of nitrogens with zero attached hydrogens (tertiary/aromatic N) is 6. The van der Waals surface area contributed by atoms with Crippen molar-refractivity contribution in [2.24, 2.45) is 5.92 Å². The van der Waals surface area contributed by atoms with E-state index in [1.807, 2.05) is 44.3 Å². The maximum absolute atomic E-state index is 13.5. The summed E-state index contributed by atoms with van der Waals surface area (Å²) >= 11 is 1.53. The van der Waals surface area contributed by atoms with Crippen LogP contribution >= 0.6 is 11.3 Å². The highest BCUT2D eigenvalue weighted by atomic mass is 32.1. The molecule has 7 rings (SSSR count). The summed E-state index contributed by atoms with van der Waals surface area (Å²) in [6, 6.07) is 7.93. The summed E-state index contributed by atoms with van der Waals surface area (Å²) in [6.07, 6.45) is 9.24. The van der Waals surface area contributed by atoms with E-state index in [1.54, 1.807) is 29.4 Å². The lowest BCUT2D eigenvalue weighted by atomic mass is 10.1. The molecule has 0 saturated heterocycles.